The van der Waals surface area contributed by atoms with E-state index in [4.69, 9.17) is 22.1 Å². The van der Waals surface area contributed by atoms with Crippen LogP contribution in [-0.2, 0) is 9.59 Å². The van der Waals surface area contributed by atoms with E-state index in [2.05, 4.69) is 4.90 Å². The molecule has 2 N–H and O–H groups in total. The van der Waals surface area contributed by atoms with Gasteiger partial charge in [0.15, 0.2) is 0 Å². The number of halogens is 3. The number of likely N-dealkylation sites (tertiary alicyclic amines) is 2. The fourth-order valence-corrected chi connectivity index (χ4v) is 8.39. The maximum atomic E-state index is 14.4. The van der Waals surface area contributed by atoms with Crippen molar-refractivity contribution in [2.75, 3.05) is 26.2 Å². The van der Waals surface area contributed by atoms with Crippen LogP contribution in [0.1, 0.15) is 63.3 Å². The number of fused-ring (bicyclic) bond motifs is 1. The van der Waals surface area contributed by atoms with Crippen LogP contribution < -0.4 is 10.5 Å². The zero-order valence-corrected chi connectivity index (χ0v) is 26.0. The molecule has 11 heteroatoms. The van der Waals surface area contributed by atoms with Crippen molar-refractivity contribution in [3.63, 3.8) is 0 Å². The van der Waals surface area contributed by atoms with Crippen molar-refractivity contribution >= 4 is 40.7 Å². The lowest BCUT2D eigenvalue weighted by Gasteiger charge is -2.46. The molecule has 2 aromatic rings. The van der Waals surface area contributed by atoms with Crippen LogP contribution in [0.5, 0.6) is 5.75 Å². The first-order valence-electron chi connectivity index (χ1n) is 14.5. The lowest BCUT2D eigenvalue weighted by molar-refractivity contribution is -0.162. The summed E-state index contributed by atoms with van der Waals surface area (Å²) in [6.45, 7) is 10.0. The maximum absolute atomic E-state index is 14.4. The van der Waals surface area contributed by atoms with E-state index in [9.17, 15) is 23.2 Å². The molecule has 3 atom stereocenters. The summed E-state index contributed by atoms with van der Waals surface area (Å²) in [7, 11) is 0. The minimum Gasteiger partial charge on any atom is -0.426 e. The Balaban J connectivity index is 1.38. The van der Waals surface area contributed by atoms with Crippen LogP contribution in [0.3, 0.4) is 0 Å². The van der Waals surface area contributed by atoms with Crippen molar-refractivity contribution in [1.82, 2.24) is 9.80 Å². The van der Waals surface area contributed by atoms with Crippen LogP contribution in [0.25, 0.3) is 0 Å². The molecule has 0 radical (unpaired) electrons. The van der Waals surface area contributed by atoms with Crippen molar-refractivity contribution in [3.8, 4) is 5.75 Å². The summed E-state index contributed by atoms with van der Waals surface area (Å²) < 4.78 is 34.7. The summed E-state index contributed by atoms with van der Waals surface area (Å²) in [4.78, 5) is 45.9. The van der Waals surface area contributed by atoms with Crippen molar-refractivity contribution in [3.05, 3.63) is 49.7 Å². The minimum absolute atomic E-state index is 0.0373. The van der Waals surface area contributed by atoms with E-state index in [0.29, 0.717) is 31.2 Å². The molecule has 2 aliphatic heterocycles. The van der Waals surface area contributed by atoms with Crippen LogP contribution in [0.15, 0.2) is 18.2 Å². The molecule has 1 aromatic heterocycles. The molecule has 3 heterocycles. The predicted molar refractivity (Wildman–Crippen MR) is 158 cm³/mol. The van der Waals surface area contributed by atoms with Gasteiger partial charge < -0.3 is 15.4 Å². The molecular weight excluding hydrogens is 584 g/mol. The van der Waals surface area contributed by atoms with E-state index in [0.717, 1.165) is 26.4 Å². The third-order valence-electron chi connectivity index (χ3n) is 9.68. The molecule has 5 rings (SSSR count). The fourth-order valence-electron chi connectivity index (χ4n) is 7.16. The van der Waals surface area contributed by atoms with Gasteiger partial charge in [0.2, 0.25) is 11.8 Å². The lowest BCUT2D eigenvalue weighted by atomic mass is 9.66. The van der Waals surface area contributed by atoms with Gasteiger partial charge in [0.25, 0.3) is 5.91 Å². The Morgan fingerprint density at radius 1 is 1.02 bits per heavy atom. The quantitative estimate of drug-likeness (QED) is 0.317. The van der Waals surface area contributed by atoms with Gasteiger partial charge in [-0.15, -0.1) is 11.3 Å². The Morgan fingerprint density at radius 2 is 1.64 bits per heavy atom. The van der Waals surface area contributed by atoms with Gasteiger partial charge in [-0.1, -0.05) is 17.7 Å². The van der Waals surface area contributed by atoms with Crippen molar-refractivity contribution < 1.29 is 27.9 Å². The number of amides is 2. The van der Waals surface area contributed by atoms with Gasteiger partial charge in [-0.25, -0.2) is 8.78 Å². The number of nitrogens with zero attached hydrogens (tertiary/aromatic N) is 2. The van der Waals surface area contributed by atoms with Gasteiger partial charge in [-0.2, -0.15) is 0 Å². The zero-order valence-electron chi connectivity index (χ0n) is 24.5. The second-order valence-corrected chi connectivity index (χ2v) is 14.2. The number of thiophene rings is 1. The molecule has 7 nitrogen and oxygen atoms in total. The van der Waals surface area contributed by atoms with E-state index in [1.807, 2.05) is 32.6 Å². The Morgan fingerprint density at radius 3 is 2.17 bits per heavy atom. The highest BCUT2D eigenvalue weighted by molar-refractivity contribution is 7.12. The summed E-state index contributed by atoms with van der Waals surface area (Å²) in [5, 5.41) is 0.424. The Bertz CT molecular complexity index is 1390. The van der Waals surface area contributed by atoms with E-state index < -0.39 is 42.1 Å². The van der Waals surface area contributed by atoms with E-state index in [-0.39, 0.29) is 42.8 Å². The Labute approximate surface area is 254 Å². The number of nitrogens with two attached hydrogens (primary N) is 1. The van der Waals surface area contributed by atoms with Crippen LogP contribution in [0.4, 0.5) is 8.78 Å². The number of ether oxygens (including phenoxy) is 1. The van der Waals surface area contributed by atoms with E-state index in [1.165, 1.54) is 6.07 Å². The number of benzene rings is 1. The summed E-state index contributed by atoms with van der Waals surface area (Å²) >= 11 is 7.88. The molecule has 3 unspecified atom stereocenters. The summed E-state index contributed by atoms with van der Waals surface area (Å²) in [6.07, 6.45) is -1.35. The SMILES string of the molecule is Cc1ccc(OC(=O)C2(C(CC(N)=O)N3CC4CN(C(=O)c5c(C)sc(C)c5C)CC4C3)CCC(F)(F)CC2)cc1Cl. The number of esters is 1. The van der Waals surface area contributed by atoms with Crippen molar-refractivity contribution in [1.29, 1.82) is 0 Å². The largest absolute Gasteiger partial charge is 0.426 e. The van der Waals surface area contributed by atoms with Crippen LogP contribution in [0, 0.1) is 44.9 Å². The molecule has 0 spiro atoms. The molecule has 1 saturated carbocycles. The summed E-state index contributed by atoms with van der Waals surface area (Å²) in [5.41, 5.74) is 6.97. The molecular formula is C31H38ClF2N3O4S. The number of alkyl halides is 2. The topological polar surface area (TPSA) is 92.9 Å². The Hall–Kier alpha value is -2.56. The van der Waals surface area contributed by atoms with Crippen molar-refractivity contribution in [2.24, 2.45) is 23.0 Å². The normalized spacial score (nSPS) is 23.9. The number of aryl methyl sites for hydroxylation is 3. The van der Waals surface area contributed by atoms with Crippen LogP contribution in [-0.4, -0.2) is 65.7 Å². The van der Waals surface area contributed by atoms with Crippen LogP contribution in [0.2, 0.25) is 5.02 Å². The number of primary amides is 1. The van der Waals surface area contributed by atoms with Gasteiger partial charge >= 0.3 is 5.97 Å². The van der Waals surface area contributed by atoms with Gasteiger partial charge in [0.05, 0.1) is 11.0 Å². The highest BCUT2D eigenvalue weighted by Crippen LogP contribution is 2.50. The number of carbonyl (C=O) groups is 3. The summed E-state index contributed by atoms with van der Waals surface area (Å²) in [6, 6.07) is 4.19. The third-order valence-corrected chi connectivity index (χ3v) is 11.2. The molecule has 3 fully saturated rings. The number of hydrogen-bond donors (Lipinski definition) is 1. The second kappa shape index (κ2) is 11.5. The van der Waals surface area contributed by atoms with Gasteiger partial charge in [-0.05, 0) is 75.6 Å². The third kappa shape index (κ3) is 5.82. The van der Waals surface area contributed by atoms with Gasteiger partial charge in [-0.3, -0.25) is 19.3 Å². The second-order valence-electron chi connectivity index (χ2n) is 12.4. The smallest absolute Gasteiger partial charge is 0.319 e. The van der Waals surface area contributed by atoms with E-state index >= 15 is 0 Å². The molecule has 42 heavy (non-hydrogen) atoms. The number of hydrogen-bond acceptors (Lipinski definition) is 6. The van der Waals surface area contributed by atoms with E-state index in [1.54, 1.807) is 23.5 Å². The first-order valence-corrected chi connectivity index (χ1v) is 15.6. The predicted octanol–water partition coefficient (Wildman–Crippen LogP) is 5.68. The fraction of sp³-hybridized carbons (Fsp3) is 0.581. The summed E-state index contributed by atoms with van der Waals surface area (Å²) in [5.74, 6) is -3.60. The molecule has 1 aromatic carbocycles. The van der Waals surface area contributed by atoms with Crippen LogP contribution >= 0.6 is 22.9 Å². The molecule has 0 bridgehead atoms. The number of carbonyl (C=O) groups excluding carboxylic acids is 3. The highest BCUT2D eigenvalue weighted by atomic mass is 35.5. The average Bonchev–Trinajstić information content (AvgIpc) is 3.56. The molecule has 2 amide bonds. The number of rotatable bonds is 7. The first kappa shape index (κ1) is 30.9. The first-order chi connectivity index (χ1) is 19.7. The zero-order chi connectivity index (χ0) is 30.6. The molecule has 1 aliphatic carbocycles. The highest BCUT2D eigenvalue weighted by Gasteiger charge is 2.57. The Kier molecular flexibility index (Phi) is 8.46. The average molecular weight is 622 g/mol. The van der Waals surface area contributed by atoms with Gasteiger partial charge in [0, 0.05) is 66.3 Å². The molecule has 3 aliphatic rings. The van der Waals surface area contributed by atoms with Gasteiger partial charge in [0.1, 0.15) is 5.75 Å². The molecule has 228 valence electrons. The molecule has 2 saturated heterocycles. The van der Waals surface area contributed by atoms with Crippen molar-refractivity contribution in [2.45, 2.75) is 71.8 Å². The lowest BCUT2D eigenvalue weighted by Crippen LogP contribution is -2.57. The standard InChI is InChI=1S/C31H38ClF2N3O4S/c1-17-5-6-23(11-24(17)32)41-29(40)30(7-9-31(33,34)10-8-30)25(12-26(35)38)36-13-21-15-37(16-22(21)14-36)28(39)27-18(2)19(3)42-20(27)4/h5-6,11,21-22,25H,7-10,12-16H2,1-4H3,(H2,35,38). The minimum atomic E-state index is -2.90. The maximum Gasteiger partial charge on any atom is 0.319 e. The monoisotopic (exact) mass is 621 g/mol.